The van der Waals surface area contributed by atoms with Gasteiger partial charge in [0.25, 0.3) is 5.91 Å². The standard InChI is InChI=1S/C14H15N3O2/c1-9-7-11(10(2)16-9)8-15-17-14(19)12-5-3-4-6-13(12)18/h3-8,16,18H,1-2H3,(H,17,19)/b15-8+. The van der Waals surface area contributed by atoms with Crippen LogP contribution >= 0.6 is 0 Å². The van der Waals surface area contributed by atoms with Crippen molar-refractivity contribution in [1.82, 2.24) is 10.4 Å². The summed E-state index contributed by atoms with van der Waals surface area (Å²) in [7, 11) is 0. The van der Waals surface area contributed by atoms with Crippen LogP contribution < -0.4 is 5.43 Å². The normalized spacial score (nSPS) is 10.8. The highest BCUT2D eigenvalue weighted by Crippen LogP contribution is 2.14. The molecule has 0 spiro atoms. The van der Waals surface area contributed by atoms with Crippen LogP contribution in [0.5, 0.6) is 5.75 Å². The maximum Gasteiger partial charge on any atom is 0.275 e. The Bertz CT molecular complexity index is 629. The predicted molar refractivity (Wildman–Crippen MR) is 73.4 cm³/mol. The number of carbonyl (C=O) groups is 1. The maximum atomic E-state index is 11.8. The molecule has 5 nitrogen and oxygen atoms in total. The predicted octanol–water partition coefficient (Wildman–Crippen LogP) is 2.10. The molecule has 0 unspecified atom stereocenters. The Hall–Kier alpha value is -2.56. The summed E-state index contributed by atoms with van der Waals surface area (Å²) in [6.45, 7) is 3.88. The van der Waals surface area contributed by atoms with Gasteiger partial charge in [-0.15, -0.1) is 0 Å². The molecule has 0 saturated carbocycles. The number of aryl methyl sites for hydroxylation is 2. The number of aromatic hydroxyl groups is 1. The van der Waals surface area contributed by atoms with E-state index in [1.165, 1.54) is 12.1 Å². The maximum absolute atomic E-state index is 11.8. The van der Waals surface area contributed by atoms with E-state index in [-0.39, 0.29) is 11.3 Å². The third-order valence-corrected chi connectivity index (χ3v) is 2.71. The van der Waals surface area contributed by atoms with Crippen LogP contribution in [0, 0.1) is 13.8 Å². The second-order valence-corrected chi connectivity index (χ2v) is 4.25. The molecule has 0 fully saturated rings. The second kappa shape index (κ2) is 5.39. The number of phenols is 1. The van der Waals surface area contributed by atoms with Gasteiger partial charge in [-0.2, -0.15) is 5.10 Å². The average Bonchev–Trinajstić information content (AvgIpc) is 2.68. The highest BCUT2D eigenvalue weighted by Gasteiger charge is 2.08. The second-order valence-electron chi connectivity index (χ2n) is 4.25. The van der Waals surface area contributed by atoms with Crippen molar-refractivity contribution in [2.75, 3.05) is 0 Å². The molecule has 1 heterocycles. The van der Waals surface area contributed by atoms with Crippen molar-refractivity contribution in [1.29, 1.82) is 0 Å². The highest BCUT2D eigenvalue weighted by molar-refractivity contribution is 5.97. The van der Waals surface area contributed by atoms with Gasteiger partial charge in [-0.05, 0) is 32.0 Å². The summed E-state index contributed by atoms with van der Waals surface area (Å²) >= 11 is 0. The van der Waals surface area contributed by atoms with Gasteiger partial charge in [0.2, 0.25) is 0 Å². The van der Waals surface area contributed by atoms with E-state index in [0.717, 1.165) is 17.0 Å². The van der Waals surface area contributed by atoms with Crippen molar-refractivity contribution < 1.29 is 9.90 Å². The molecule has 19 heavy (non-hydrogen) atoms. The molecule has 1 amide bonds. The van der Waals surface area contributed by atoms with Crippen LogP contribution in [-0.2, 0) is 0 Å². The van der Waals surface area contributed by atoms with E-state index >= 15 is 0 Å². The number of hydrogen-bond donors (Lipinski definition) is 3. The number of hydrazone groups is 1. The molecular formula is C14H15N3O2. The van der Waals surface area contributed by atoms with Gasteiger partial charge in [0.05, 0.1) is 11.8 Å². The van der Waals surface area contributed by atoms with Crippen LogP contribution in [0.25, 0.3) is 0 Å². The SMILES string of the molecule is Cc1cc(/C=N/NC(=O)c2ccccc2O)c(C)[nH]1. The molecular weight excluding hydrogens is 242 g/mol. The lowest BCUT2D eigenvalue weighted by atomic mass is 10.2. The summed E-state index contributed by atoms with van der Waals surface area (Å²) in [5, 5.41) is 13.4. The number of nitrogens with one attached hydrogen (secondary N) is 2. The molecule has 2 aromatic rings. The molecule has 2 rings (SSSR count). The molecule has 3 N–H and O–H groups in total. The van der Waals surface area contributed by atoms with Crippen LogP contribution in [-0.4, -0.2) is 22.2 Å². The van der Waals surface area contributed by atoms with Gasteiger partial charge in [0.1, 0.15) is 5.75 Å². The topological polar surface area (TPSA) is 77.5 Å². The van der Waals surface area contributed by atoms with Gasteiger partial charge < -0.3 is 10.1 Å². The van der Waals surface area contributed by atoms with Crippen LogP contribution in [0.15, 0.2) is 35.4 Å². The number of phenolic OH excluding ortho intramolecular Hbond substituents is 1. The van der Waals surface area contributed by atoms with E-state index in [1.807, 2.05) is 19.9 Å². The largest absolute Gasteiger partial charge is 0.507 e. The fraction of sp³-hybridized carbons (Fsp3) is 0.143. The smallest absolute Gasteiger partial charge is 0.275 e. The number of nitrogens with zero attached hydrogens (tertiary/aromatic N) is 1. The van der Waals surface area contributed by atoms with Gasteiger partial charge in [-0.1, -0.05) is 12.1 Å². The van der Waals surface area contributed by atoms with Crippen molar-refractivity contribution >= 4 is 12.1 Å². The van der Waals surface area contributed by atoms with E-state index in [9.17, 15) is 9.90 Å². The molecule has 0 bridgehead atoms. The third-order valence-electron chi connectivity index (χ3n) is 2.71. The molecule has 1 aromatic carbocycles. The van der Waals surface area contributed by atoms with Crippen LogP contribution in [0.4, 0.5) is 0 Å². The Morgan fingerprint density at radius 1 is 1.37 bits per heavy atom. The number of hydrogen-bond acceptors (Lipinski definition) is 3. The molecule has 1 aromatic heterocycles. The fourth-order valence-corrected chi connectivity index (χ4v) is 1.77. The zero-order valence-electron chi connectivity index (χ0n) is 10.8. The number of rotatable bonds is 3. The minimum Gasteiger partial charge on any atom is -0.507 e. The summed E-state index contributed by atoms with van der Waals surface area (Å²) in [5.74, 6) is -0.511. The Morgan fingerprint density at radius 2 is 2.11 bits per heavy atom. The quantitative estimate of drug-likeness (QED) is 0.581. The molecule has 0 radical (unpaired) electrons. The number of aromatic nitrogens is 1. The number of para-hydroxylation sites is 1. The summed E-state index contributed by atoms with van der Waals surface area (Å²) < 4.78 is 0. The average molecular weight is 257 g/mol. The number of benzene rings is 1. The van der Waals surface area contributed by atoms with E-state index in [1.54, 1.807) is 18.3 Å². The van der Waals surface area contributed by atoms with Crippen molar-refractivity contribution in [2.24, 2.45) is 5.10 Å². The van der Waals surface area contributed by atoms with E-state index in [2.05, 4.69) is 15.5 Å². The fourth-order valence-electron chi connectivity index (χ4n) is 1.77. The third kappa shape index (κ3) is 3.01. The first-order valence-corrected chi connectivity index (χ1v) is 5.85. The van der Waals surface area contributed by atoms with E-state index in [4.69, 9.17) is 0 Å². The highest BCUT2D eigenvalue weighted by atomic mass is 16.3. The summed E-state index contributed by atoms with van der Waals surface area (Å²) in [6.07, 6.45) is 1.57. The summed E-state index contributed by atoms with van der Waals surface area (Å²) in [5.41, 5.74) is 5.51. The molecule has 0 aliphatic heterocycles. The van der Waals surface area contributed by atoms with Gasteiger partial charge in [-0.3, -0.25) is 4.79 Å². The monoisotopic (exact) mass is 257 g/mol. The molecule has 0 saturated heterocycles. The van der Waals surface area contributed by atoms with Crippen LogP contribution in [0.2, 0.25) is 0 Å². The van der Waals surface area contributed by atoms with E-state index < -0.39 is 5.91 Å². The number of H-pyrrole nitrogens is 1. The van der Waals surface area contributed by atoms with Gasteiger partial charge >= 0.3 is 0 Å². The minimum atomic E-state index is -0.445. The molecule has 0 aliphatic carbocycles. The van der Waals surface area contributed by atoms with Crippen molar-refractivity contribution in [3.63, 3.8) is 0 Å². The summed E-state index contributed by atoms with van der Waals surface area (Å²) in [4.78, 5) is 14.9. The van der Waals surface area contributed by atoms with E-state index in [0.29, 0.717) is 0 Å². The first-order valence-electron chi connectivity index (χ1n) is 5.85. The van der Waals surface area contributed by atoms with Gasteiger partial charge in [-0.25, -0.2) is 5.43 Å². The first-order chi connectivity index (χ1) is 9.08. The Balaban J connectivity index is 2.05. The number of aromatic amines is 1. The van der Waals surface area contributed by atoms with Crippen molar-refractivity contribution in [2.45, 2.75) is 13.8 Å². The Kier molecular flexibility index (Phi) is 3.66. The van der Waals surface area contributed by atoms with Gasteiger partial charge in [0.15, 0.2) is 0 Å². The van der Waals surface area contributed by atoms with Crippen molar-refractivity contribution in [3.8, 4) is 5.75 Å². The molecule has 0 atom stereocenters. The zero-order chi connectivity index (χ0) is 13.8. The lowest BCUT2D eigenvalue weighted by molar-refractivity contribution is 0.0952. The Labute approximate surface area is 111 Å². The van der Waals surface area contributed by atoms with Crippen LogP contribution in [0.3, 0.4) is 0 Å². The van der Waals surface area contributed by atoms with Crippen LogP contribution in [0.1, 0.15) is 27.3 Å². The Morgan fingerprint density at radius 3 is 2.74 bits per heavy atom. The molecule has 5 heteroatoms. The lowest BCUT2D eigenvalue weighted by Crippen LogP contribution is -2.17. The summed E-state index contributed by atoms with van der Waals surface area (Å²) in [6, 6.07) is 8.26. The van der Waals surface area contributed by atoms with Gasteiger partial charge in [0, 0.05) is 17.0 Å². The number of amides is 1. The lowest BCUT2D eigenvalue weighted by Gasteiger charge is -2.01. The van der Waals surface area contributed by atoms with Crippen molar-refractivity contribution in [3.05, 3.63) is 52.8 Å². The number of carbonyl (C=O) groups excluding carboxylic acids is 1. The zero-order valence-corrected chi connectivity index (χ0v) is 10.8. The first kappa shape index (κ1) is 12.9. The molecule has 98 valence electrons. The molecule has 0 aliphatic rings. The minimum absolute atomic E-state index is 0.0659.